The number of benzene rings is 1. The molecule has 162 valence electrons. The Hall–Kier alpha value is -2.27. The maximum absolute atomic E-state index is 12.9. The number of hydrogen-bond acceptors (Lipinski definition) is 6. The maximum atomic E-state index is 12.9. The molecule has 1 atom stereocenters. The molecule has 1 aliphatic rings. The molecule has 2 amide bonds. The SMILES string of the molecule is NCCNC(=O)C1CN(S(=O)(=O)c2cccs2)CCN1C(=O)CCc1ccccc1. The Morgan fingerprint density at radius 2 is 1.90 bits per heavy atom. The Kier molecular flexibility index (Phi) is 7.59. The van der Waals surface area contributed by atoms with Gasteiger partial charge in [0.15, 0.2) is 0 Å². The van der Waals surface area contributed by atoms with Gasteiger partial charge in [-0.1, -0.05) is 36.4 Å². The highest BCUT2D eigenvalue weighted by atomic mass is 32.2. The fourth-order valence-corrected chi connectivity index (χ4v) is 5.97. The van der Waals surface area contributed by atoms with E-state index in [-0.39, 0.29) is 55.2 Å². The number of sulfonamides is 1. The molecular weight excluding hydrogens is 424 g/mol. The number of thiophene rings is 1. The molecule has 0 aliphatic carbocycles. The van der Waals surface area contributed by atoms with Crippen LogP contribution >= 0.6 is 11.3 Å². The second kappa shape index (κ2) is 10.2. The molecule has 10 heteroatoms. The van der Waals surface area contributed by atoms with Crippen LogP contribution < -0.4 is 11.1 Å². The molecule has 8 nitrogen and oxygen atoms in total. The van der Waals surface area contributed by atoms with Crippen molar-refractivity contribution in [3.63, 3.8) is 0 Å². The van der Waals surface area contributed by atoms with Crippen LogP contribution in [0.15, 0.2) is 52.1 Å². The minimum Gasteiger partial charge on any atom is -0.353 e. The number of hydrogen-bond donors (Lipinski definition) is 2. The molecule has 0 bridgehead atoms. The van der Waals surface area contributed by atoms with Crippen LogP contribution in [-0.2, 0) is 26.0 Å². The lowest BCUT2D eigenvalue weighted by atomic mass is 10.1. The van der Waals surface area contributed by atoms with Crippen molar-refractivity contribution >= 4 is 33.2 Å². The van der Waals surface area contributed by atoms with Gasteiger partial charge in [-0.2, -0.15) is 4.31 Å². The van der Waals surface area contributed by atoms with Crippen molar-refractivity contribution in [3.8, 4) is 0 Å². The van der Waals surface area contributed by atoms with E-state index in [4.69, 9.17) is 5.73 Å². The van der Waals surface area contributed by atoms with Crippen molar-refractivity contribution < 1.29 is 18.0 Å². The van der Waals surface area contributed by atoms with E-state index in [1.807, 2.05) is 30.3 Å². The zero-order chi connectivity index (χ0) is 21.6. The molecular formula is C20H26N4O4S2. The summed E-state index contributed by atoms with van der Waals surface area (Å²) < 4.78 is 27.3. The van der Waals surface area contributed by atoms with E-state index in [1.165, 1.54) is 9.21 Å². The minimum absolute atomic E-state index is 0.0757. The first-order valence-corrected chi connectivity index (χ1v) is 12.1. The zero-order valence-electron chi connectivity index (χ0n) is 16.6. The number of carbonyl (C=O) groups excluding carboxylic acids is 2. The highest BCUT2D eigenvalue weighted by molar-refractivity contribution is 7.91. The molecule has 30 heavy (non-hydrogen) atoms. The molecule has 2 heterocycles. The summed E-state index contributed by atoms with van der Waals surface area (Å²) in [6.07, 6.45) is 0.812. The second-order valence-corrected chi connectivity index (χ2v) is 10.1. The molecule has 1 fully saturated rings. The summed E-state index contributed by atoms with van der Waals surface area (Å²) in [5.41, 5.74) is 6.51. The summed E-state index contributed by atoms with van der Waals surface area (Å²) in [7, 11) is -3.70. The first kappa shape index (κ1) is 22.4. The Morgan fingerprint density at radius 1 is 1.13 bits per heavy atom. The molecule has 1 aromatic heterocycles. The number of amides is 2. The van der Waals surface area contributed by atoms with Gasteiger partial charge >= 0.3 is 0 Å². The van der Waals surface area contributed by atoms with Gasteiger partial charge in [0.1, 0.15) is 10.3 Å². The van der Waals surface area contributed by atoms with Crippen LogP contribution in [0.3, 0.4) is 0 Å². The van der Waals surface area contributed by atoms with E-state index in [9.17, 15) is 18.0 Å². The molecule has 3 N–H and O–H groups in total. The predicted molar refractivity (Wildman–Crippen MR) is 115 cm³/mol. The van der Waals surface area contributed by atoms with Crippen LogP contribution in [0.4, 0.5) is 0 Å². The number of nitrogens with two attached hydrogens (primary N) is 1. The topological polar surface area (TPSA) is 113 Å². The lowest BCUT2D eigenvalue weighted by Gasteiger charge is -2.39. The highest BCUT2D eigenvalue weighted by Gasteiger charge is 2.39. The van der Waals surface area contributed by atoms with E-state index >= 15 is 0 Å². The molecule has 0 saturated carbocycles. The Labute approximate surface area is 180 Å². The van der Waals surface area contributed by atoms with Gasteiger partial charge in [0, 0.05) is 39.1 Å². The van der Waals surface area contributed by atoms with Crippen LogP contribution in [0, 0.1) is 0 Å². The van der Waals surface area contributed by atoms with Crippen molar-refractivity contribution in [2.75, 3.05) is 32.7 Å². The molecule has 3 rings (SSSR count). The fraction of sp³-hybridized carbons (Fsp3) is 0.400. The number of nitrogens with one attached hydrogen (secondary N) is 1. The number of piperazine rings is 1. The molecule has 1 saturated heterocycles. The van der Waals surface area contributed by atoms with Gasteiger partial charge in [0.2, 0.25) is 11.8 Å². The van der Waals surface area contributed by atoms with Crippen molar-refractivity contribution in [1.82, 2.24) is 14.5 Å². The summed E-state index contributed by atoms with van der Waals surface area (Å²) in [5, 5.41) is 4.39. The van der Waals surface area contributed by atoms with Gasteiger partial charge < -0.3 is 16.0 Å². The molecule has 0 spiro atoms. The molecule has 1 aliphatic heterocycles. The fourth-order valence-electron chi connectivity index (χ4n) is 3.39. The molecule has 0 radical (unpaired) electrons. The zero-order valence-corrected chi connectivity index (χ0v) is 18.2. The standard InChI is InChI=1S/C20H26N4O4S2/c21-10-11-22-20(26)17-15-23(30(27,28)19-7-4-14-29-19)12-13-24(17)18(25)9-8-16-5-2-1-3-6-16/h1-7,14,17H,8-13,15,21H2,(H,22,26). The summed E-state index contributed by atoms with van der Waals surface area (Å²) in [5.74, 6) is -0.556. The molecule has 1 unspecified atom stereocenters. The first-order valence-electron chi connectivity index (χ1n) is 9.78. The van der Waals surface area contributed by atoms with Gasteiger partial charge in [0.05, 0.1) is 0 Å². The van der Waals surface area contributed by atoms with Gasteiger partial charge in [-0.15, -0.1) is 11.3 Å². The van der Waals surface area contributed by atoms with E-state index < -0.39 is 16.1 Å². The molecule has 1 aromatic carbocycles. The predicted octanol–water partition coefficient (Wildman–Crippen LogP) is 0.657. The van der Waals surface area contributed by atoms with Crippen LogP contribution in [-0.4, -0.2) is 68.2 Å². The van der Waals surface area contributed by atoms with Gasteiger partial charge in [-0.3, -0.25) is 9.59 Å². The van der Waals surface area contributed by atoms with Crippen LogP contribution in [0.25, 0.3) is 0 Å². The maximum Gasteiger partial charge on any atom is 0.252 e. The van der Waals surface area contributed by atoms with Gasteiger partial charge in [-0.05, 0) is 23.4 Å². The lowest BCUT2D eigenvalue weighted by molar-refractivity contribution is -0.142. The summed E-state index contributed by atoms with van der Waals surface area (Å²) in [6, 6.07) is 12.0. The number of aryl methyl sites for hydroxylation is 1. The quantitative estimate of drug-likeness (QED) is 0.613. The summed E-state index contributed by atoms with van der Waals surface area (Å²) >= 11 is 1.13. The van der Waals surface area contributed by atoms with Gasteiger partial charge in [0.25, 0.3) is 10.0 Å². The monoisotopic (exact) mass is 450 g/mol. The molecule has 2 aromatic rings. The van der Waals surface area contributed by atoms with Crippen molar-refractivity contribution in [3.05, 3.63) is 53.4 Å². The number of rotatable bonds is 8. The van der Waals surface area contributed by atoms with E-state index in [1.54, 1.807) is 17.5 Å². The smallest absolute Gasteiger partial charge is 0.252 e. The lowest BCUT2D eigenvalue weighted by Crippen LogP contribution is -2.61. The van der Waals surface area contributed by atoms with Gasteiger partial charge in [-0.25, -0.2) is 8.42 Å². The summed E-state index contributed by atoms with van der Waals surface area (Å²) in [6.45, 7) is 0.765. The average molecular weight is 451 g/mol. The third-order valence-electron chi connectivity index (χ3n) is 4.97. The largest absolute Gasteiger partial charge is 0.353 e. The van der Waals surface area contributed by atoms with Crippen molar-refractivity contribution in [2.45, 2.75) is 23.1 Å². The van der Waals surface area contributed by atoms with Crippen LogP contribution in [0.5, 0.6) is 0 Å². The number of carbonyl (C=O) groups is 2. The Morgan fingerprint density at radius 3 is 2.57 bits per heavy atom. The van der Waals surface area contributed by atoms with E-state index in [0.29, 0.717) is 6.42 Å². The second-order valence-electron chi connectivity index (χ2n) is 6.96. The summed E-state index contributed by atoms with van der Waals surface area (Å²) in [4.78, 5) is 27.1. The highest BCUT2D eigenvalue weighted by Crippen LogP contribution is 2.24. The van der Waals surface area contributed by atoms with Crippen molar-refractivity contribution in [1.29, 1.82) is 0 Å². The number of nitrogens with zero attached hydrogens (tertiary/aromatic N) is 2. The van der Waals surface area contributed by atoms with Crippen molar-refractivity contribution in [2.24, 2.45) is 5.73 Å². The Bertz CT molecular complexity index is 948. The normalized spacial score (nSPS) is 17.6. The Balaban J connectivity index is 1.74. The van der Waals surface area contributed by atoms with Crippen LogP contribution in [0.1, 0.15) is 12.0 Å². The average Bonchev–Trinajstić information content (AvgIpc) is 3.32. The van der Waals surface area contributed by atoms with Crippen LogP contribution in [0.2, 0.25) is 0 Å². The third kappa shape index (κ3) is 5.25. The van der Waals surface area contributed by atoms with E-state index in [0.717, 1.165) is 16.9 Å². The third-order valence-corrected chi connectivity index (χ3v) is 8.21. The first-order chi connectivity index (χ1) is 14.4. The minimum atomic E-state index is -3.70. The van der Waals surface area contributed by atoms with E-state index in [2.05, 4.69) is 5.32 Å².